The van der Waals surface area contributed by atoms with E-state index in [2.05, 4.69) is 35.7 Å². The maximum absolute atomic E-state index is 2.28. The minimum Gasteiger partial charge on any atom is -0.147 e. The number of hydrogen-bond donors (Lipinski definition) is 0. The first-order valence-electron chi connectivity index (χ1n) is 3.61. The summed E-state index contributed by atoms with van der Waals surface area (Å²) in [6, 6.07) is 4.40. The number of rotatable bonds is 2. The molecule has 1 aliphatic carbocycles. The number of halogens is 1. The molecule has 0 saturated carbocycles. The molecule has 0 aromatic carbocycles. The first-order valence-corrected chi connectivity index (χ1v) is 6.05. The summed E-state index contributed by atoms with van der Waals surface area (Å²) in [5, 5.41) is 2.17. The van der Waals surface area contributed by atoms with E-state index in [1.807, 2.05) is 11.3 Å². The van der Waals surface area contributed by atoms with Crippen molar-refractivity contribution in [1.82, 2.24) is 0 Å². The van der Waals surface area contributed by atoms with Gasteiger partial charge in [0.05, 0.1) is 0 Å². The van der Waals surface area contributed by atoms with Crippen LogP contribution in [0.3, 0.4) is 0 Å². The molecule has 0 spiro atoms. The Kier molecular flexibility index (Phi) is 4.30. The number of hydrogen-bond acceptors (Lipinski definition) is 1. The Morgan fingerprint density at radius 3 is 2.92 bits per heavy atom. The average molecular weight is 233 g/mol. The van der Waals surface area contributed by atoms with Crippen LogP contribution < -0.4 is 3.18 Å². The van der Waals surface area contributed by atoms with Crippen molar-refractivity contribution in [1.29, 1.82) is 0 Å². The van der Waals surface area contributed by atoms with Crippen molar-refractivity contribution in [2.45, 2.75) is 6.42 Å². The van der Waals surface area contributed by atoms with E-state index >= 15 is 0 Å². The van der Waals surface area contributed by atoms with Crippen LogP contribution in [0.15, 0.2) is 39.6 Å². The second-order valence-corrected chi connectivity index (χ2v) is 6.17. The van der Waals surface area contributed by atoms with Crippen LogP contribution in [0, 0.1) is 0 Å². The molecule has 0 unspecified atom stereocenters. The molecule has 0 atom stereocenters. The second kappa shape index (κ2) is 5.03. The van der Waals surface area contributed by atoms with Crippen LogP contribution in [0.25, 0.3) is 0 Å². The van der Waals surface area contributed by atoms with Gasteiger partial charge in [-0.05, 0) is 0 Å². The van der Waals surface area contributed by atoms with Gasteiger partial charge in [0, 0.05) is 0 Å². The van der Waals surface area contributed by atoms with Crippen LogP contribution >= 0.6 is 23.7 Å². The summed E-state index contributed by atoms with van der Waals surface area (Å²) in [5.41, 5.74) is 0. The Bertz CT molecular complexity index is 287. The van der Waals surface area contributed by atoms with Crippen molar-refractivity contribution >= 4 is 26.9 Å². The van der Waals surface area contributed by atoms with Gasteiger partial charge < -0.3 is 0 Å². The zero-order chi connectivity index (χ0) is 7.52. The molecule has 0 radical (unpaired) electrons. The molecule has 0 fully saturated rings. The van der Waals surface area contributed by atoms with Crippen molar-refractivity contribution in [2.24, 2.45) is 0 Å². The van der Waals surface area contributed by atoms with E-state index in [-0.39, 0.29) is 31.6 Å². The van der Waals surface area contributed by atoms with Gasteiger partial charge in [0.25, 0.3) is 0 Å². The van der Waals surface area contributed by atoms with Gasteiger partial charge >= 0.3 is 79.7 Å². The first-order chi connectivity index (χ1) is 5.45. The zero-order valence-electron chi connectivity index (χ0n) is 6.49. The fourth-order valence-corrected chi connectivity index (χ4v) is 4.10. The van der Waals surface area contributed by atoms with E-state index in [1.54, 1.807) is 7.06 Å². The van der Waals surface area contributed by atoms with Crippen molar-refractivity contribution in [3.63, 3.8) is 0 Å². The van der Waals surface area contributed by atoms with Crippen LogP contribution in [0.2, 0.25) is 0 Å². The molecule has 0 bridgehead atoms. The Morgan fingerprint density at radius 2 is 2.33 bits per heavy atom. The molecule has 0 aliphatic heterocycles. The SMILES string of the molecule is C1=CC[C]([Ti][c]2cccs2)=C1.Cl. The van der Waals surface area contributed by atoms with Crippen LogP contribution in [0.1, 0.15) is 6.42 Å². The van der Waals surface area contributed by atoms with Gasteiger partial charge in [-0.25, -0.2) is 0 Å². The summed E-state index contributed by atoms with van der Waals surface area (Å²) < 4.78 is 3.26. The molecule has 0 saturated heterocycles. The van der Waals surface area contributed by atoms with Gasteiger partial charge in [0.2, 0.25) is 0 Å². The molecule has 1 aromatic rings. The van der Waals surface area contributed by atoms with Crippen molar-refractivity contribution < 1.29 is 19.2 Å². The topological polar surface area (TPSA) is 0 Å². The largest absolute Gasteiger partial charge is 0.147 e. The molecular formula is C9H9ClSTi. The molecule has 1 aliphatic rings. The Balaban J connectivity index is 0.000000720. The maximum Gasteiger partial charge on any atom is -0.147 e. The predicted octanol–water partition coefficient (Wildman–Crippen LogP) is 2.72. The third-order valence-electron chi connectivity index (χ3n) is 1.58. The maximum atomic E-state index is 2.28. The number of allylic oxidation sites excluding steroid dienone is 4. The molecule has 1 aromatic heterocycles. The average Bonchev–Trinajstić information content (AvgIpc) is 2.60. The summed E-state index contributed by atoms with van der Waals surface area (Å²) in [6.07, 6.45) is 7.90. The van der Waals surface area contributed by atoms with Crippen LogP contribution in [-0.4, -0.2) is 0 Å². The minimum atomic E-state index is 0. The van der Waals surface area contributed by atoms with E-state index in [0.29, 0.717) is 0 Å². The molecule has 2 rings (SSSR count). The Labute approximate surface area is 91.7 Å². The fraction of sp³-hybridized carbons (Fsp3) is 0.111. The summed E-state index contributed by atoms with van der Waals surface area (Å²) in [6.45, 7) is 0. The van der Waals surface area contributed by atoms with E-state index in [1.165, 1.54) is 6.42 Å². The fourth-order valence-electron chi connectivity index (χ4n) is 1.05. The predicted molar refractivity (Wildman–Crippen MR) is 53.0 cm³/mol. The molecule has 0 amide bonds. The van der Waals surface area contributed by atoms with Gasteiger partial charge in [0.1, 0.15) is 0 Å². The van der Waals surface area contributed by atoms with Gasteiger partial charge in [-0.15, -0.1) is 12.4 Å². The summed E-state index contributed by atoms with van der Waals surface area (Å²) >= 11 is 1.94. The Morgan fingerprint density at radius 1 is 1.42 bits per heavy atom. The van der Waals surface area contributed by atoms with Gasteiger partial charge in [-0.3, -0.25) is 0 Å². The van der Waals surface area contributed by atoms with E-state index < -0.39 is 0 Å². The molecule has 3 heteroatoms. The van der Waals surface area contributed by atoms with Crippen molar-refractivity contribution in [3.05, 3.63) is 39.6 Å². The van der Waals surface area contributed by atoms with Crippen LogP contribution in [-0.2, 0) is 19.2 Å². The third-order valence-corrected chi connectivity index (χ3v) is 4.96. The van der Waals surface area contributed by atoms with E-state index in [0.717, 1.165) is 0 Å². The van der Waals surface area contributed by atoms with Crippen molar-refractivity contribution in [2.75, 3.05) is 0 Å². The van der Waals surface area contributed by atoms with E-state index in [9.17, 15) is 0 Å². The molecule has 62 valence electrons. The standard InChI is InChI=1S/C5H5.C4H3S.ClH.Ti/c2*1-2-4-5-3-1;;/h1-3H,4H2;1-3H;1H;. The minimum absolute atomic E-state index is 0. The third kappa shape index (κ3) is 2.60. The molecular weight excluding hydrogens is 223 g/mol. The summed E-state index contributed by atoms with van der Waals surface area (Å²) in [7, 11) is 0. The van der Waals surface area contributed by atoms with Crippen LogP contribution in [0.5, 0.6) is 0 Å². The second-order valence-electron chi connectivity index (χ2n) is 2.43. The van der Waals surface area contributed by atoms with Gasteiger partial charge in [-0.1, -0.05) is 0 Å². The van der Waals surface area contributed by atoms with Crippen LogP contribution in [0.4, 0.5) is 0 Å². The van der Waals surface area contributed by atoms with Gasteiger partial charge in [0.15, 0.2) is 0 Å². The molecule has 0 N–H and O–H groups in total. The Hall–Kier alpha value is 0.184. The van der Waals surface area contributed by atoms with Crippen molar-refractivity contribution in [3.8, 4) is 0 Å². The van der Waals surface area contributed by atoms with Gasteiger partial charge in [-0.2, -0.15) is 0 Å². The normalized spacial score (nSPS) is 13.8. The summed E-state index contributed by atoms with van der Waals surface area (Å²) in [5.74, 6) is 0. The smallest absolute Gasteiger partial charge is 0.147 e. The quantitative estimate of drug-likeness (QED) is 0.688. The number of thiophene rings is 1. The molecule has 0 nitrogen and oxygen atoms in total. The first kappa shape index (κ1) is 10.3. The molecule has 1 heterocycles. The molecule has 12 heavy (non-hydrogen) atoms. The zero-order valence-corrected chi connectivity index (χ0v) is 9.68. The summed E-state index contributed by atoms with van der Waals surface area (Å²) in [4.78, 5) is 0. The monoisotopic (exact) mass is 232 g/mol. The van der Waals surface area contributed by atoms with E-state index in [4.69, 9.17) is 0 Å².